The highest BCUT2D eigenvalue weighted by Crippen LogP contribution is 2.27. The summed E-state index contributed by atoms with van der Waals surface area (Å²) >= 11 is 5.23. The summed E-state index contributed by atoms with van der Waals surface area (Å²) < 4.78 is 1.09. The largest absolute Gasteiger partial charge is 0.271 e. The number of hydrazine groups is 1. The number of halogens is 1. The van der Waals surface area contributed by atoms with Gasteiger partial charge in [-0.25, -0.2) is 0 Å². The summed E-state index contributed by atoms with van der Waals surface area (Å²) in [6.45, 7) is 2.07. The van der Waals surface area contributed by atoms with Gasteiger partial charge in [-0.3, -0.25) is 16.3 Å². The maximum atomic E-state index is 5.64. The van der Waals surface area contributed by atoms with Crippen LogP contribution in [0.1, 0.15) is 22.0 Å². The Kier molecular flexibility index (Phi) is 4.28. The smallest absolute Gasteiger partial charge is 0.0794 e. The van der Waals surface area contributed by atoms with Crippen molar-refractivity contribution in [1.29, 1.82) is 0 Å². The second kappa shape index (κ2) is 5.73. The van der Waals surface area contributed by atoms with Crippen LogP contribution >= 0.6 is 27.3 Å². The molecule has 0 spiro atoms. The molecule has 2 rings (SSSR count). The van der Waals surface area contributed by atoms with E-state index in [1.165, 1.54) is 16.0 Å². The standard InChI is InChI=1S/C12H14BrN3S/c1-8-2-3-10(11(13)4-8)12(16-14)5-9-6-15-7-17-9/h2-4,6-7,12,16H,5,14H2,1H3. The van der Waals surface area contributed by atoms with E-state index in [0.29, 0.717) is 0 Å². The van der Waals surface area contributed by atoms with E-state index in [2.05, 4.69) is 51.5 Å². The molecule has 1 unspecified atom stereocenters. The van der Waals surface area contributed by atoms with Gasteiger partial charge in [-0.15, -0.1) is 11.3 Å². The number of hydrogen-bond acceptors (Lipinski definition) is 4. The molecular formula is C12H14BrN3S. The minimum Gasteiger partial charge on any atom is -0.271 e. The van der Waals surface area contributed by atoms with E-state index >= 15 is 0 Å². The number of nitrogens with zero attached hydrogens (tertiary/aromatic N) is 1. The lowest BCUT2D eigenvalue weighted by atomic mass is 10.0. The third-order valence-corrected chi connectivity index (χ3v) is 4.11. The van der Waals surface area contributed by atoms with Crippen LogP contribution in [0.15, 0.2) is 34.4 Å². The summed E-state index contributed by atoms with van der Waals surface area (Å²) in [5.41, 5.74) is 7.11. The van der Waals surface area contributed by atoms with Gasteiger partial charge in [-0.1, -0.05) is 28.1 Å². The summed E-state index contributed by atoms with van der Waals surface area (Å²) in [7, 11) is 0. The van der Waals surface area contributed by atoms with E-state index < -0.39 is 0 Å². The number of nitrogens with one attached hydrogen (secondary N) is 1. The number of nitrogens with two attached hydrogens (primary N) is 1. The molecule has 3 N–H and O–H groups in total. The molecule has 0 radical (unpaired) electrons. The lowest BCUT2D eigenvalue weighted by molar-refractivity contribution is 0.553. The van der Waals surface area contributed by atoms with Gasteiger partial charge in [0, 0.05) is 22.0 Å². The van der Waals surface area contributed by atoms with Crippen LogP contribution in [-0.4, -0.2) is 4.98 Å². The molecular weight excluding hydrogens is 298 g/mol. The highest BCUT2D eigenvalue weighted by Gasteiger charge is 2.14. The SMILES string of the molecule is Cc1ccc(C(Cc2cncs2)NN)c(Br)c1. The van der Waals surface area contributed by atoms with Crippen LogP contribution in [0.25, 0.3) is 0 Å². The Morgan fingerprint density at radius 2 is 2.35 bits per heavy atom. The fourth-order valence-corrected chi connectivity index (χ4v) is 3.13. The number of aromatic nitrogens is 1. The molecule has 1 aromatic heterocycles. The van der Waals surface area contributed by atoms with Crippen molar-refractivity contribution in [1.82, 2.24) is 10.4 Å². The molecule has 0 saturated carbocycles. The molecule has 3 nitrogen and oxygen atoms in total. The van der Waals surface area contributed by atoms with E-state index in [-0.39, 0.29) is 6.04 Å². The lowest BCUT2D eigenvalue weighted by Gasteiger charge is -2.17. The summed E-state index contributed by atoms with van der Waals surface area (Å²) in [5, 5.41) is 0. The van der Waals surface area contributed by atoms with Crippen molar-refractivity contribution in [3.8, 4) is 0 Å². The van der Waals surface area contributed by atoms with Crippen LogP contribution < -0.4 is 11.3 Å². The van der Waals surface area contributed by atoms with Crippen molar-refractivity contribution in [2.75, 3.05) is 0 Å². The first-order chi connectivity index (χ1) is 8.20. The molecule has 90 valence electrons. The van der Waals surface area contributed by atoms with Crippen LogP contribution in [0, 0.1) is 6.92 Å². The number of hydrogen-bond donors (Lipinski definition) is 2. The van der Waals surface area contributed by atoms with Crippen LogP contribution in [0.3, 0.4) is 0 Å². The zero-order chi connectivity index (χ0) is 12.3. The molecule has 2 aromatic rings. The van der Waals surface area contributed by atoms with E-state index in [1.54, 1.807) is 11.3 Å². The molecule has 1 atom stereocenters. The molecule has 0 fully saturated rings. The number of thiazole rings is 1. The topological polar surface area (TPSA) is 50.9 Å². The van der Waals surface area contributed by atoms with E-state index in [4.69, 9.17) is 5.84 Å². The van der Waals surface area contributed by atoms with Crippen molar-refractivity contribution in [2.24, 2.45) is 5.84 Å². The van der Waals surface area contributed by atoms with Gasteiger partial charge < -0.3 is 0 Å². The monoisotopic (exact) mass is 311 g/mol. The van der Waals surface area contributed by atoms with Crippen molar-refractivity contribution < 1.29 is 0 Å². The molecule has 0 bridgehead atoms. The minimum atomic E-state index is 0.102. The summed E-state index contributed by atoms with van der Waals surface area (Å²) in [6, 6.07) is 6.40. The van der Waals surface area contributed by atoms with E-state index in [1.807, 2.05) is 11.7 Å². The van der Waals surface area contributed by atoms with Gasteiger partial charge in [0.2, 0.25) is 0 Å². The Labute approximate surface area is 113 Å². The third-order valence-electron chi connectivity index (χ3n) is 2.62. The summed E-state index contributed by atoms with van der Waals surface area (Å²) in [6.07, 6.45) is 2.74. The van der Waals surface area contributed by atoms with Crippen LogP contribution in [0.2, 0.25) is 0 Å². The van der Waals surface area contributed by atoms with E-state index in [0.717, 1.165) is 10.9 Å². The van der Waals surface area contributed by atoms with Gasteiger partial charge in [-0.05, 0) is 24.1 Å². The van der Waals surface area contributed by atoms with Crippen molar-refractivity contribution in [3.63, 3.8) is 0 Å². The van der Waals surface area contributed by atoms with E-state index in [9.17, 15) is 0 Å². The van der Waals surface area contributed by atoms with Gasteiger partial charge >= 0.3 is 0 Å². The molecule has 5 heteroatoms. The first kappa shape index (κ1) is 12.7. The predicted molar refractivity (Wildman–Crippen MR) is 74.8 cm³/mol. The summed E-state index contributed by atoms with van der Waals surface area (Å²) in [4.78, 5) is 5.30. The fraction of sp³-hybridized carbons (Fsp3) is 0.250. The van der Waals surface area contributed by atoms with Crippen LogP contribution in [-0.2, 0) is 6.42 Å². The Morgan fingerprint density at radius 3 is 2.94 bits per heavy atom. The van der Waals surface area contributed by atoms with Gasteiger partial charge in [0.1, 0.15) is 0 Å². The molecule has 1 aromatic carbocycles. The van der Waals surface area contributed by atoms with Gasteiger partial charge in [0.15, 0.2) is 0 Å². The van der Waals surface area contributed by atoms with Gasteiger partial charge in [0.25, 0.3) is 0 Å². The Morgan fingerprint density at radius 1 is 1.53 bits per heavy atom. The van der Waals surface area contributed by atoms with Crippen LogP contribution in [0.5, 0.6) is 0 Å². The maximum Gasteiger partial charge on any atom is 0.0794 e. The molecule has 1 heterocycles. The quantitative estimate of drug-likeness (QED) is 0.674. The van der Waals surface area contributed by atoms with Crippen molar-refractivity contribution >= 4 is 27.3 Å². The average Bonchev–Trinajstić information content (AvgIpc) is 2.79. The zero-order valence-corrected chi connectivity index (χ0v) is 11.9. The second-order valence-electron chi connectivity index (χ2n) is 3.92. The molecule has 0 aliphatic carbocycles. The first-order valence-corrected chi connectivity index (χ1v) is 6.97. The molecule has 0 amide bonds. The molecule has 0 saturated heterocycles. The highest BCUT2D eigenvalue weighted by molar-refractivity contribution is 9.10. The Hall–Kier alpha value is -0.750. The fourth-order valence-electron chi connectivity index (χ4n) is 1.72. The van der Waals surface area contributed by atoms with Gasteiger partial charge in [-0.2, -0.15) is 0 Å². The number of aryl methyl sites for hydroxylation is 1. The van der Waals surface area contributed by atoms with Crippen molar-refractivity contribution in [2.45, 2.75) is 19.4 Å². The summed E-state index contributed by atoms with van der Waals surface area (Å²) in [5.74, 6) is 5.64. The normalized spacial score (nSPS) is 12.6. The predicted octanol–water partition coefficient (Wildman–Crippen LogP) is 2.96. The Bertz CT molecular complexity index is 485. The first-order valence-electron chi connectivity index (χ1n) is 5.30. The molecule has 0 aliphatic rings. The average molecular weight is 312 g/mol. The number of benzene rings is 1. The highest BCUT2D eigenvalue weighted by atomic mass is 79.9. The van der Waals surface area contributed by atoms with Crippen molar-refractivity contribution in [3.05, 3.63) is 50.4 Å². The Balaban J connectivity index is 2.23. The second-order valence-corrected chi connectivity index (χ2v) is 5.74. The zero-order valence-electron chi connectivity index (χ0n) is 9.48. The lowest BCUT2D eigenvalue weighted by Crippen LogP contribution is -2.29. The maximum absolute atomic E-state index is 5.64. The minimum absolute atomic E-state index is 0.102. The number of rotatable bonds is 4. The van der Waals surface area contributed by atoms with Crippen LogP contribution in [0.4, 0.5) is 0 Å². The molecule has 17 heavy (non-hydrogen) atoms. The molecule has 0 aliphatic heterocycles. The third kappa shape index (κ3) is 3.13. The van der Waals surface area contributed by atoms with Gasteiger partial charge in [0.05, 0.1) is 11.6 Å².